The van der Waals surface area contributed by atoms with Gasteiger partial charge in [0, 0.05) is 22.0 Å². The van der Waals surface area contributed by atoms with Crippen molar-refractivity contribution in [2.24, 2.45) is 0 Å². The molecule has 0 saturated carbocycles. The zero-order valence-corrected chi connectivity index (χ0v) is 10.9. The summed E-state index contributed by atoms with van der Waals surface area (Å²) < 4.78 is 2.01. The Labute approximate surface area is 116 Å². The zero-order valence-electron chi connectivity index (χ0n) is 10.1. The zero-order chi connectivity index (χ0) is 13.2. The van der Waals surface area contributed by atoms with Crippen LogP contribution in [-0.4, -0.2) is 9.55 Å². The summed E-state index contributed by atoms with van der Waals surface area (Å²) in [6.45, 7) is 0. The number of halogens is 1. The van der Waals surface area contributed by atoms with Gasteiger partial charge in [-0.2, -0.15) is 0 Å². The number of rotatable bonds is 2. The highest BCUT2D eigenvalue weighted by atomic mass is 35.5. The van der Waals surface area contributed by atoms with Gasteiger partial charge in [-0.15, -0.1) is 0 Å². The third-order valence-corrected chi connectivity index (χ3v) is 3.17. The van der Waals surface area contributed by atoms with E-state index in [1.54, 1.807) is 6.33 Å². The fraction of sp³-hybridized carbons (Fsp3) is 0. The fourth-order valence-corrected chi connectivity index (χ4v) is 2.19. The fourth-order valence-electron chi connectivity index (χ4n) is 2.00. The molecule has 1 heterocycles. The summed E-state index contributed by atoms with van der Waals surface area (Å²) in [5, 5.41) is 0.711. The van der Waals surface area contributed by atoms with Gasteiger partial charge < -0.3 is 5.73 Å². The minimum absolute atomic E-state index is 0.711. The van der Waals surface area contributed by atoms with Gasteiger partial charge in [0.15, 0.2) is 0 Å². The summed E-state index contributed by atoms with van der Waals surface area (Å²) in [4.78, 5) is 4.22. The van der Waals surface area contributed by atoms with Crippen LogP contribution in [0.1, 0.15) is 0 Å². The van der Waals surface area contributed by atoms with Crippen molar-refractivity contribution in [3.63, 3.8) is 0 Å². The molecule has 0 atom stereocenters. The molecule has 3 nitrogen and oxygen atoms in total. The van der Waals surface area contributed by atoms with Crippen LogP contribution in [-0.2, 0) is 0 Å². The molecule has 0 aliphatic heterocycles. The lowest BCUT2D eigenvalue weighted by molar-refractivity contribution is 1.06. The topological polar surface area (TPSA) is 43.8 Å². The molecule has 0 radical (unpaired) electrons. The molecule has 0 unspecified atom stereocenters. The van der Waals surface area contributed by atoms with Crippen molar-refractivity contribution < 1.29 is 0 Å². The van der Waals surface area contributed by atoms with Crippen molar-refractivity contribution >= 4 is 17.3 Å². The standard InChI is InChI=1S/C15H12ClN3/c16-12-3-1-2-11(8-12)15-9-18-10-19(15)14-6-4-13(17)5-7-14/h1-10H,17H2. The predicted octanol–water partition coefficient (Wildman–Crippen LogP) is 3.77. The third kappa shape index (κ3) is 2.33. The van der Waals surface area contributed by atoms with Crippen LogP contribution < -0.4 is 5.73 Å². The van der Waals surface area contributed by atoms with Gasteiger partial charge >= 0.3 is 0 Å². The smallest absolute Gasteiger partial charge is 0.0997 e. The number of anilines is 1. The van der Waals surface area contributed by atoms with Crippen LogP contribution in [0.3, 0.4) is 0 Å². The Morgan fingerprint density at radius 2 is 1.84 bits per heavy atom. The van der Waals surface area contributed by atoms with Crippen molar-refractivity contribution in [3.05, 3.63) is 66.1 Å². The summed E-state index contributed by atoms with van der Waals surface area (Å²) in [7, 11) is 0. The maximum atomic E-state index is 6.03. The molecule has 0 saturated heterocycles. The molecule has 19 heavy (non-hydrogen) atoms. The minimum Gasteiger partial charge on any atom is -0.399 e. The number of nitrogens with zero attached hydrogens (tertiary/aromatic N) is 2. The van der Waals surface area contributed by atoms with Crippen LogP contribution in [0.2, 0.25) is 5.02 Å². The Balaban J connectivity index is 2.10. The van der Waals surface area contributed by atoms with Gasteiger partial charge in [0.25, 0.3) is 0 Å². The number of nitrogen functional groups attached to an aromatic ring is 1. The summed E-state index contributed by atoms with van der Waals surface area (Å²) in [5.74, 6) is 0. The number of aromatic nitrogens is 2. The number of benzene rings is 2. The van der Waals surface area contributed by atoms with E-state index < -0.39 is 0 Å². The first-order chi connectivity index (χ1) is 9.24. The molecule has 0 spiro atoms. The molecule has 2 N–H and O–H groups in total. The molecular formula is C15H12ClN3. The lowest BCUT2D eigenvalue weighted by Gasteiger charge is -2.08. The van der Waals surface area contributed by atoms with Crippen LogP contribution in [0, 0.1) is 0 Å². The Bertz CT molecular complexity index is 701. The number of hydrogen-bond acceptors (Lipinski definition) is 2. The number of hydrogen-bond donors (Lipinski definition) is 1. The predicted molar refractivity (Wildman–Crippen MR) is 78.4 cm³/mol. The molecule has 3 rings (SSSR count). The van der Waals surface area contributed by atoms with Crippen molar-refractivity contribution in [3.8, 4) is 16.9 Å². The number of imidazole rings is 1. The third-order valence-electron chi connectivity index (χ3n) is 2.93. The van der Waals surface area contributed by atoms with Gasteiger partial charge in [0.05, 0.1) is 18.2 Å². The van der Waals surface area contributed by atoms with E-state index in [0.717, 1.165) is 22.6 Å². The summed E-state index contributed by atoms with van der Waals surface area (Å²) in [5.41, 5.74) is 9.49. The van der Waals surface area contributed by atoms with Crippen LogP contribution in [0.5, 0.6) is 0 Å². The second-order valence-corrected chi connectivity index (χ2v) is 4.69. The van der Waals surface area contributed by atoms with E-state index in [4.69, 9.17) is 17.3 Å². The van der Waals surface area contributed by atoms with Crippen LogP contribution in [0.25, 0.3) is 16.9 Å². The highest BCUT2D eigenvalue weighted by molar-refractivity contribution is 6.30. The first-order valence-corrected chi connectivity index (χ1v) is 6.26. The molecule has 1 aromatic heterocycles. The Morgan fingerprint density at radius 3 is 2.58 bits per heavy atom. The molecule has 0 aliphatic carbocycles. The average molecular weight is 270 g/mol. The Morgan fingerprint density at radius 1 is 1.05 bits per heavy atom. The summed E-state index contributed by atoms with van der Waals surface area (Å²) in [6.07, 6.45) is 3.60. The number of nitrogens with two attached hydrogens (primary N) is 1. The Kier molecular flexibility index (Phi) is 2.97. The maximum Gasteiger partial charge on any atom is 0.0997 e. The van der Waals surface area contributed by atoms with Crippen molar-refractivity contribution in [1.29, 1.82) is 0 Å². The lowest BCUT2D eigenvalue weighted by Crippen LogP contribution is -1.95. The molecular weight excluding hydrogens is 258 g/mol. The normalized spacial score (nSPS) is 10.6. The largest absolute Gasteiger partial charge is 0.399 e. The van der Waals surface area contributed by atoms with Gasteiger partial charge in [0.1, 0.15) is 0 Å². The molecule has 0 aliphatic rings. The van der Waals surface area contributed by atoms with Crippen LogP contribution in [0.4, 0.5) is 5.69 Å². The Hall–Kier alpha value is -2.26. The lowest BCUT2D eigenvalue weighted by atomic mass is 10.1. The average Bonchev–Trinajstić information content (AvgIpc) is 2.89. The van der Waals surface area contributed by atoms with E-state index >= 15 is 0 Å². The summed E-state index contributed by atoms with van der Waals surface area (Å²) in [6, 6.07) is 15.4. The molecule has 4 heteroatoms. The molecule has 0 bridgehead atoms. The molecule has 2 aromatic carbocycles. The van der Waals surface area contributed by atoms with E-state index in [-0.39, 0.29) is 0 Å². The van der Waals surface area contributed by atoms with E-state index in [9.17, 15) is 0 Å². The SMILES string of the molecule is Nc1ccc(-n2cncc2-c2cccc(Cl)c2)cc1. The second-order valence-electron chi connectivity index (χ2n) is 4.25. The van der Waals surface area contributed by atoms with E-state index in [1.807, 2.05) is 59.3 Å². The van der Waals surface area contributed by atoms with Gasteiger partial charge in [-0.25, -0.2) is 4.98 Å². The molecule has 3 aromatic rings. The van der Waals surface area contributed by atoms with E-state index in [1.165, 1.54) is 0 Å². The first kappa shape index (κ1) is 11.8. The van der Waals surface area contributed by atoms with Crippen molar-refractivity contribution in [2.75, 3.05) is 5.73 Å². The summed E-state index contributed by atoms with van der Waals surface area (Å²) >= 11 is 6.03. The van der Waals surface area contributed by atoms with E-state index in [2.05, 4.69) is 4.98 Å². The molecule has 94 valence electrons. The minimum atomic E-state index is 0.711. The molecule has 0 amide bonds. The van der Waals surface area contributed by atoms with Crippen molar-refractivity contribution in [1.82, 2.24) is 9.55 Å². The van der Waals surface area contributed by atoms with E-state index in [0.29, 0.717) is 5.02 Å². The highest BCUT2D eigenvalue weighted by Crippen LogP contribution is 2.25. The van der Waals surface area contributed by atoms with Gasteiger partial charge in [-0.1, -0.05) is 23.7 Å². The van der Waals surface area contributed by atoms with Crippen molar-refractivity contribution in [2.45, 2.75) is 0 Å². The van der Waals surface area contributed by atoms with Gasteiger partial charge in [-0.05, 0) is 36.4 Å². The first-order valence-electron chi connectivity index (χ1n) is 5.88. The van der Waals surface area contributed by atoms with Gasteiger partial charge in [0.2, 0.25) is 0 Å². The maximum absolute atomic E-state index is 6.03. The monoisotopic (exact) mass is 269 g/mol. The highest BCUT2D eigenvalue weighted by Gasteiger charge is 2.07. The van der Waals surface area contributed by atoms with Gasteiger partial charge in [-0.3, -0.25) is 4.57 Å². The van der Waals surface area contributed by atoms with Crippen LogP contribution >= 0.6 is 11.6 Å². The second kappa shape index (κ2) is 4.78. The van der Waals surface area contributed by atoms with Crippen LogP contribution in [0.15, 0.2) is 61.1 Å². The quantitative estimate of drug-likeness (QED) is 0.720. The molecule has 0 fully saturated rings.